The van der Waals surface area contributed by atoms with Gasteiger partial charge in [0, 0.05) is 30.3 Å². The van der Waals surface area contributed by atoms with E-state index in [2.05, 4.69) is 10.3 Å². The third kappa shape index (κ3) is 4.42. The van der Waals surface area contributed by atoms with Gasteiger partial charge in [0.05, 0.1) is 21.5 Å². The van der Waals surface area contributed by atoms with Crippen molar-refractivity contribution >= 4 is 33.3 Å². The van der Waals surface area contributed by atoms with E-state index in [1.165, 1.54) is 23.4 Å². The summed E-state index contributed by atoms with van der Waals surface area (Å²) in [5.41, 5.74) is 0.109. The average Bonchev–Trinajstić information content (AvgIpc) is 3.70. The summed E-state index contributed by atoms with van der Waals surface area (Å²) in [5, 5.41) is 2.52. The number of sulfone groups is 1. The van der Waals surface area contributed by atoms with Crippen LogP contribution in [0.2, 0.25) is 5.02 Å². The molecule has 1 saturated heterocycles. The molecule has 0 radical (unpaired) electrons. The molecular weight excluding hydrogens is 500 g/mol. The molecule has 5 rings (SSSR count). The Hall–Kier alpha value is -2.59. The van der Waals surface area contributed by atoms with Gasteiger partial charge in [0.2, 0.25) is 5.91 Å². The van der Waals surface area contributed by atoms with E-state index in [0.717, 1.165) is 31.2 Å². The van der Waals surface area contributed by atoms with E-state index in [0.29, 0.717) is 6.42 Å². The van der Waals surface area contributed by atoms with Crippen LogP contribution in [0.1, 0.15) is 48.1 Å². The number of halogens is 3. The van der Waals surface area contributed by atoms with E-state index in [-0.39, 0.29) is 44.8 Å². The summed E-state index contributed by atoms with van der Waals surface area (Å²) in [5.74, 6) is -2.09. The van der Waals surface area contributed by atoms with Crippen LogP contribution < -0.4 is 5.32 Å². The van der Waals surface area contributed by atoms with Gasteiger partial charge < -0.3 is 10.2 Å². The molecule has 2 amide bonds. The van der Waals surface area contributed by atoms with Crippen molar-refractivity contribution in [1.82, 2.24) is 15.2 Å². The molecule has 35 heavy (non-hydrogen) atoms. The van der Waals surface area contributed by atoms with Crippen LogP contribution in [0.4, 0.5) is 8.78 Å². The highest BCUT2D eigenvalue weighted by molar-refractivity contribution is 7.90. The van der Waals surface area contributed by atoms with E-state index in [9.17, 15) is 26.8 Å². The first kappa shape index (κ1) is 24.1. The molecule has 0 bridgehead atoms. The standard InChI is InChI=1S/C24H24ClF2N3O4S/c1-11-15-7-20(30(22(11)15)24(32)13-5-14(10-28-9-13)35(2,33)34)23(31)29-21(12-3-4-12)16-6-19(27)17(25)8-18(16)26/h5-6,8-12,15,20-22H,3-4,7H2,1-2H3,(H,29,31)/t11-,15?,20+,21?,22?/m0/s1. The Labute approximate surface area is 206 Å². The molecule has 186 valence electrons. The summed E-state index contributed by atoms with van der Waals surface area (Å²) < 4.78 is 52.6. The van der Waals surface area contributed by atoms with Gasteiger partial charge in [-0.05, 0) is 55.2 Å². The van der Waals surface area contributed by atoms with E-state index >= 15 is 0 Å². The fraction of sp³-hybridized carbons (Fsp3) is 0.458. The van der Waals surface area contributed by atoms with Gasteiger partial charge in [0.15, 0.2) is 9.84 Å². The molecule has 1 aromatic heterocycles. The minimum absolute atomic E-state index is 0.0298. The lowest BCUT2D eigenvalue weighted by Crippen LogP contribution is -2.49. The van der Waals surface area contributed by atoms with Crippen LogP contribution in [-0.2, 0) is 14.6 Å². The second-order valence-corrected chi connectivity index (χ2v) is 12.2. The Bertz CT molecular complexity index is 1330. The number of nitrogens with zero attached hydrogens (tertiary/aromatic N) is 2. The van der Waals surface area contributed by atoms with Gasteiger partial charge in [-0.25, -0.2) is 17.2 Å². The SMILES string of the molecule is C[C@H]1C2C[C@H](C(=O)NC(c3cc(F)c(Cl)cc3F)C3CC3)N(C(=O)c3cncc(S(C)(=O)=O)c3)C21. The molecule has 2 aliphatic carbocycles. The molecular formula is C24H24ClF2N3O4S. The highest BCUT2D eigenvalue weighted by Gasteiger charge is 2.61. The first-order valence-electron chi connectivity index (χ1n) is 11.4. The predicted octanol–water partition coefficient (Wildman–Crippen LogP) is 3.53. The molecule has 3 unspecified atom stereocenters. The zero-order valence-electron chi connectivity index (χ0n) is 19.0. The van der Waals surface area contributed by atoms with Gasteiger partial charge >= 0.3 is 0 Å². The monoisotopic (exact) mass is 523 g/mol. The number of piperidine rings is 1. The minimum Gasteiger partial charge on any atom is -0.347 e. The number of carbonyl (C=O) groups excluding carboxylic acids is 2. The number of nitrogens with one attached hydrogen (secondary N) is 1. The van der Waals surface area contributed by atoms with Crippen LogP contribution in [0.15, 0.2) is 35.5 Å². The Balaban J connectivity index is 1.41. The Morgan fingerprint density at radius 2 is 1.89 bits per heavy atom. The van der Waals surface area contributed by atoms with E-state index < -0.39 is 45.4 Å². The van der Waals surface area contributed by atoms with Crippen molar-refractivity contribution in [3.05, 3.63) is 58.4 Å². The highest BCUT2D eigenvalue weighted by atomic mass is 35.5. The van der Waals surface area contributed by atoms with Gasteiger partial charge in [0.1, 0.15) is 17.7 Å². The second kappa shape index (κ2) is 8.51. The number of aromatic nitrogens is 1. The lowest BCUT2D eigenvalue weighted by molar-refractivity contribution is -0.126. The van der Waals surface area contributed by atoms with Crippen LogP contribution in [0.5, 0.6) is 0 Å². The number of likely N-dealkylation sites (tertiary alicyclic amines) is 1. The fourth-order valence-corrected chi connectivity index (χ4v) is 5.96. The van der Waals surface area contributed by atoms with Gasteiger partial charge in [-0.15, -0.1) is 0 Å². The van der Waals surface area contributed by atoms with E-state index in [4.69, 9.17) is 11.6 Å². The molecule has 2 heterocycles. The predicted molar refractivity (Wildman–Crippen MR) is 123 cm³/mol. The quantitative estimate of drug-likeness (QED) is 0.584. The highest BCUT2D eigenvalue weighted by Crippen LogP contribution is 2.54. The van der Waals surface area contributed by atoms with Crippen molar-refractivity contribution < 1.29 is 26.8 Å². The summed E-state index contributed by atoms with van der Waals surface area (Å²) in [6.45, 7) is 1.99. The van der Waals surface area contributed by atoms with Crippen LogP contribution in [-0.4, -0.2) is 48.5 Å². The van der Waals surface area contributed by atoms with Crippen LogP contribution in [0.3, 0.4) is 0 Å². The number of amides is 2. The number of hydrogen-bond donors (Lipinski definition) is 1. The molecule has 3 aliphatic rings. The van der Waals surface area contributed by atoms with Gasteiger partial charge in [0.25, 0.3) is 5.91 Å². The Morgan fingerprint density at radius 1 is 1.17 bits per heavy atom. The van der Waals surface area contributed by atoms with Crippen LogP contribution in [0.25, 0.3) is 0 Å². The lowest BCUT2D eigenvalue weighted by atomic mass is 10.00. The van der Waals surface area contributed by atoms with E-state index in [1.54, 1.807) is 0 Å². The summed E-state index contributed by atoms with van der Waals surface area (Å²) in [4.78, 5) is 32.2. The molecule has 11 heteroatoms. The summed E-state index contributed by atoms with van der Waals surface area (Å²) in [6, 6.07) is 1.48. The van der Waals surface area contributed by atoms with E-state index in [1.807, 2.05) is 6.92 Å². The third-order valence-electron chi connectivity index (χ3n) is 7.36. The topological polar surface area (TPSA) is 96.4 Å². The number of benzene rings is 1. The average molecular weight is 524 g/mol. The lowest BCUT2D eigenvalue weighted by Gasteiger charge is -2.30. The van der Waals surface area contributed by atoms with Crippen LogP contribution in [0, 0.1) is 29.4 Å². The smallest absolute Gasteiger partial charge is 0.256 e. The van der Waals surface area contributed by atoms with Crippen molar-refractivity contribution in [2.45, 2.75) is 49.2 Å². The van der Waals surface area contributed by atoms with Crippen LogP contribution >= 0.6 is 11.6 Å². The first-order valence-corrected chi connectivity index (χ1v) is 13.7. The molecule has 7 nitrogen and oxygen atoms in total. The largest absolute Gasteiger partial charge is 0.347 e. The van der Waals surface area contributed by atoms with Crippen molar-refractivity contribution in [2.75, 3.05) is 6.26 Å². The summed E-state index contributed by atoms with van der Waals surface area (Å²) >= 11 is 5.69. The molecule has 2 aromatic rings. The molecule has 2 saturated carbocycles. The molecule has 5 atom stereocenters. The third-order valence-corrected chi connectivity index (χ3v) is 8.72. The molecule has 0 spiro atoms. The molecule has 3 fully saturated rings. The minimum atomic E-state index is -3.57. The zero-order valence-corrected chi connectivity index (χ0v) is 20.6. The molecule has 1 aromatic carbocycles. The zero-order chi connectivity index (χ0) is 25.2. The van der Waals surface area contributed by atoms with Crippen molar-refractivity contribution in [3.63, 3.8) is 0 Å². The fourth-order valence-electron chi connectivity index (χ4n) is 5.22. The van der Waals surface area contributed by atoms with Gasteiger partial charge in [-0.2, -0.15) is 0 Å². The summed E-state index contributed by atoms with van der Waals surface area (Å²) in [6.07, 6.45) is 5.44. The first-order chi connectivity index (χ1) is 16.5. The number of fused-ring (bicyclic) bond motifs is 1. The maximum Gasteiger partial charge on any atom is 0.256 e. The molecule has 1 aliphatic heterocycles. The Kier molecular flexibility index (Phi) is 5.87. The maximum absolute atomic E-state index is 14.7. The maximum atomic E-state index is 14.7. The molecule has 1 N–H and O–H groups in total. The number of carbonyl (C=O) groups is 2. The van der Waals surface area contributed by atoms with Crippen molar-refractivity contribution in [2.24, 2.45) is 17.8 Å². The summed E-state index contributed by atoms with van der Waals surface area (Å²) in [7, 11) is -3.57. The van der Waals surface area contributed by atoms with Gasteiger partial charge in [-0.1, -0.05) is 18.5 Å². The van der Waals surface area contributed by atoms with Crippen molar-refractivity contribution in [3.8, 4) is 0 Å². The Morgan fingerprint density at radius 3 is 2.54 bits per heavy atom. The normalized spacial score (nSPS) is 26.3. The van der Waals surface area contributed by atoms with Gasteiger partial charge in [-0.3, -0.25) is 14.6 Å². The number of pyridine rings is 1. The van der Waals surface area contributed by atoms with Crippen molar-refractivity contribution in [1.29, 1.82) is 0 Å². The second-order valence-electron chi connectivity index (χ2n) is 9.77. The number of hydrogen-bond acceptors (Lipinski definition) is 5. The number of rotatable bonds is 6.